The molecule has 3 heterocycles. The number of piperidine rings is 1. The van der Waals surface area contributed by atoms with Crippen molar-refractivity contribution in [2.24, 2.45) is 5.92 Å². The number of ketones is 1. The summed E-state index contributed by atoms with van der Waals surface area (Å²) in [7, 11) is 1.60. The van der Waals surface area contributed by atoms with Crippen molar-refractivity contribution in [1.29, 1.82) is 0 Å². The minimum Gasteiger partial charge on any atom is -0.497 e. The summed E-state index contributed by atoms with van der Waals surface area (Å²) >= 11 is 0. The van der Waals surface area contributed by atoms with E-state index in [1.54, 1.807) is 25.3 Å². The zero-order valence-corrected chi connectivity index (χ0v) is 17.2. The number of ether oxygens (including phenoxy) is 2. The fourth-order valence-electron chi connectivity index (χ4n) is 4.25. The Balaban J connectivity index is 1.40. The fraction of sp³-hybridized carbons (Fsp3) is 0.500. The predicted octanol–water partition coefficient (Wildman–Crippen LogP) is 2.86. The number of fused-ring (bicyclic) bond motifs is 1. The summed E-state index contributed by atoms with van der Waals surface area (Å²) in [6.07, 6.45) is 3.55. The summed E-state index contributed by atoms with van der Waals surface area (Å²) < 4.78 is 13.4. The van der Waals surface area contributed by atoms with Gasteiger partial charge in [-0.1, -0.05) is 6.92 Å². The topological polar surface area (TPSA) is 73.7 Å². The van der Waals surface area contributed by atoms with Gasteiger partial charge < -0.3 is 14.4 Å². The lowest BCUT2D eigenvalue weighted by Gasteiger charge is -2.44. The van der Waals surface area contributed by atoms with Crippen molar-refractivity contribution in [2.45, 2.75) is 45.3 Å². The van der Waals surface area contributed by atoms with Gasteiger partial charge in [-0.05, 0) is 25.1 Å². The summed E-state index contributed by atoms with van der Waals surface area (Å²) in [5.41, 5.74) is 1.02. The number of carbonyl (C=O) groups is 2. The number of Topliss-reactive ketones (excluding diaryl/α,β-unsaturated/α-hetero) is 1. The van der Waals surface area contributed by atoms with Crippen LogP contribution in [0.4, 0.5) is 0 Å². The molecule has 29 heavy (non-hydrogen) atoms. The van der Waals surface area contributed by atoms with Gasteiger partial charge in [0.1, 0.15) is 17.1 Å². The monoisotopic (exact) mass is 397 g/mol. The van der Waals surface area contributed by atoms with Crippen molar-refractivity contribution in [2.75, 3.05) is 20.2 Å². The molecule has 7 heteroatoms. The molecule has 1 fully saturated rings. The van der Waals surface area contributed by atoms with Gasteiger partial charge in [0.25, 0.3) is 0 Å². The first-order valence-corrected chi connectivity index (χ1v) is 10.1. The van der Waals surface area contributed by atoms with E-state index in [1.165, 1.54) is 0 Å². The van der Waals surface area contributed by atoms with E-state index >= 15 is 0 Å². The van der Waals surface area contributed by atoms with Crippen LogP contribution >= 0.6 is 0 Å². The third-order valence-corrected chi connectivity index (χ3v) is 5.94. The second kappa shape index (κ2) is 7.54. The fourth-order valence-corrected chi connectivity index (χ4v) is 4.25. The number of hydrogen-bond donors (Lipinski definition) is 0. The lowest BCUT2D eigenvalue weighted by molar-refractivity contribution is -0.139. The van der Waals surface area contributed by atoms with E-state index in [-0.39, 0.29) is 17.6 Å². The highest BCUT2D eigenvalue weighted by Crippen LogP contribution is 2.40. The summed E-state index contributed by atoms with van der Waals surface area (Å²) in [6.45, 7) is 5.62. The van der Waals surface area contributed by atoms with Crippen LogP contribution in [0.15, 0.2) is 30.5 Å². The summed E-state index contributed by atoms with van der Waals surface area (Å²) in [6, 6.07) is 7.26. The molecule has 2 aromatic rings. The maximum Gasteiger partial charge on any atom is 0.227 e. The van der Waals surface area contributed by atoms with Crippen LogP contribution in [0.5, 0.6) is 11.5 Å². The predicted molar refractivity (Wildman–Crippen MR) is 107 cm³/mol. The van der Waals surface area contributed by atoms with Crippen molar-refractivity contribution < 1.29 is 19.1 Å². The first-order chi connectivity index (χ1) is 13.9. The molecule has 1 atom stereocenters. The maximum absolute atomic E-state index is 12.9. The standard InChI is InChI=1S/C22H27N3O4/c1-15(14-25-9-6-16(2)23-25)21(27)24-10-7-22(8-11-24)13-19(26)18-5-4-17(28-3)12-20(18)29-22/h4-6,9,12,15H,7-8,10-11,13-14H2,1-3H3. The Morgan fingerprint density at radius 2 is 2.07 bits per heavy atom. The van der Waals surface area contributed by atoms with Gasteiger partial charge in [0.15, 0.2) is 5.78 Å². The molecule has 4 rings (SSSR count). The minimum atomic E-state index is -0.532. The van der Waals surface area contributed by atoms with Crippen molar-refractivity contribution in [3.8, 4) is 11.5 Å². The van der Waals surface area contributed by atoms with E-state index in [4.69, 9.17) is 9.47 Å². The molecule has 2 aliphatic heterocycles. The van der Waals surface area contributed by atoms with Crippen LogP contribution in [0.25, 0.3) is 0 Å². The molecule has 1 aromatic heterocycles. The average Bonchev–Trinajstić information content (AvgIpc) is 3.12. The van der Waals surface area contributed by atoms with Crippen molar-refractivity contribution in [3.63, 3.8) is 0 Å². The lowest BCUT2D eigenvalue weighted by atomic mass is 9.82. The Morgan fingerprint density at radius 3 is 2.72 bits per heavy atom. The van der Waals surface area contributed by atoms with E-state index in [2.05, 4.69) is 5.10 Å². The lowest BCUT2D eigenvalue weighted by Crippen LogP contribution is -2.53. The van der Waals surface area contributed by atoms with Gasteiger partial charge in [-0.25, -0.2) is 0 Å². The largest absolute Gasteiger partial charge is 0.497 e. The van der Waals surface area contributed by atoms with Gasteiger partial charge in [-0.15, -0.1) is 0 Å². The molecule has 0 N–H and O–H groups in total. The van der Waals surface area contributed by atoms with Crippen LogP contribution in [0.2, 0.25) is 0 Å². The van der Waals surface area contributed by atoms with Gasteiger partial charge in [0.05, 0.1) is 37.3 Å². The van der Waals surface area contributed by atoms with E-state index in [0.29, 0.717) is 56.0 Å². The molecule has 0 saturated carbocycles. The number of hydrogen-bond acceptors (Lipinski definition) is 5. The first-order valence-electron chi connectivity index (χ1n) is 10.1. The summed E-state index contributed by atoms with van der Waals surface area (Å²) in [5.74, 6) is 1.32. The number of rotatable bonds is 4. The number of benzene rings is 1. The number of aromatic nitrogens is 2. The zero-order valence-electron chi connectivity index (χ0n) is 17.2. The smallest absolute Gasteiger partial charge is 0.227 e. The SMILES string of the molecule is COc1ccc2c(c1)OC1(CCN(C(=O)C(C)Cn3ccc(C)n3)CC1)CC2=O. The van der Waals surface area contributed by atoms with Crippen LogP contribution in [0, 0.1) is 12.8 Å². The second-order valence-corrected chi connectivity index (χ2v) is 8.15. The summed E-state index contributed by atoms with van der Waals surface area (Å²) in [4.78, 5) is 27.5. The number of nitrogens with zero attached hydrogens (tertiary/aromatic N) is 3. The Bertz CT molecular complexity index is 928. The zero-order chi connectivity index (χ0) is 20.6. The molecular weight excluding hydrogens is 370 g/mol. The number of amides is 1. The molecule has 2 aliphatic rings. The van der Waals surface area contributed by atoms with Crippen LogP contribution in [0.3, 0.4) is 0 Å². The Kier molecular flexibility index (Phi) is 5.06. The molecule has 1 amide bonds. The van der Waals surface area contributed by atoms with Crippen LogP contribution in [-0.2, 0) is 11.3 Å². The third kappa shape index (κ3) is 3.86. The van der Waals surface area contributed by atoms with Gasteiger partial charge in [0.2, 0.25) is 5.91 Å². The normalized spacial score (nSPS) is 18.9. The Hall–Kier alpha value is -2.83. The van der Waals surface area contributed by atoms with Crippen molar-refractivity contribution in [1.82, 2.24) is 14.7 Å². The van der Waals surface area contributed by atoms with Crippen LogP contribution in [-0.4, -0.2) is 52.2 Å². The van der Waals surface area contributed by atoms with E-state index in [1.807, 2.05) is 35.7 Å². The van der Waals surface area contributed by atoms with Gasteiger partial charge >= 0.3 is 0 Å². The van der Waals surface area contributed by atoms with E-state index in [0.717, 1.165) is 5.69 Å². The molecule has 0 radical (unpaired) electrons. The summed E-state index contributed by atoms with van der Waals surface area (Å²) in [5, 5.41) is 4.37. The molecular formula is C22H27N3O4. The third-order valence-electron chi connectivity index (χ3n) is 5.94. The highest BCUT2D eigenvalue weighted by molar-refractivity contribution is 6.00. The molecule has 0 aliphatic carbocycles. The van der Waals surface area contributed by atoms with Gasteiger partial charge in [-0.3, -0.25) is 14.3 Å². The van der Waals surface area contributed by atoms with Crippen molar-refractivity contribution in [3.05, 3.63) is 41.7 Å². The number of methoxy groups -OCH3 is 1. The highest BCUT2D eigenvalue weighted by Gasteiger charge is 2.44. The molecule has 7 nitrogen and oxygen atoms in total. The van der Waals surface area contributed by atoms with E-state index in [9.17, 15) is 9.59 Å². The van der Waals surface area contributed by atoms with E-state index < -0.39 is 5.60 Å². The van der Waals surface area contributed by atoms with Crippen LogP contribution in [0.1, 0.15) is 42.2 Å². The molecule has 154 valence electrons. The average molecular weight is 397 g/mol. The maximum atomic E-state index is 12.9. The van der Waals surface area contributed by atoms with Crippen LogP contribution < -0.4 is 9.47 Å². The van der Waals surface area contributed by atoms with Crippen molar-refractivity contribution >= 4 is 11.7 Å². The molecule has 1 unspecified atom stereocenters. The molecule has 0 bridgehead atoms. The molecule has 1 aromatic carbocycles. The Labute approximate surface area is 170 Å². The second-order valence-electron chi connectivity index (χ2n) is 8.15. The van der Waals surface area contributed by atoms with Gasteiger partial charge in [0, 0.05) is 38.2 Å². The Morgan fingerprint density at radius 1 is 1.31 bits per heavy atom. The highest BCUT2D eigenvalue weighted by atomic mass is 16.5. The number of aryl methyl sites for hydroxylation is 1. The number of carbonyl (C=O) groups excluding carboxylic acids is 2. The number of likely N-dealkylation sites (tertiary alicyclic amines) is 1. The minimum absolute atomic E-state index is 0.0936. The first kappa shape index (κ1) is 19.5. The molecule has 1 spiro atoms. The molecule has 1 saturated heterocycles. The quantitative estimate of drug-likeness (QED) is 0.793. The van der Waals surface area contributed by atoms with Gasteiger partial charge in [-0.2, -0.15) is 5.10 Å².